The van der Waals surface area contributed by atoms with Gasteiger partial charge < -0.3 is 0 Å². The molecule has 4 aromatic heterocycles. The molecule has 0 saturated carbocycles. The van der Waals surface area contributed by atoms with Crippen LogP contribution < -0.4 is 9.13 Å². The van der Waals surface area contributed by atoms with E-state index in [1.807, 2.05) is 0 Å². The molecule has 0 N–H and O–H groups in total. The summed E-state index contributed by atoms with van der Waals surface area (Å²) in [5.74, 6) is -1.68. The van der Waals surface area contributed by atoms with Gasteiger partial charge in [0.05, 0.1) is 17.5 Å². The largest absolute Gasteiger partial charge is 0.583 e. The molecule has 13 heteroatoms. The van der Waals surface area contributed by atoms with Crippen molar-refractivity contribution in [3.8, 4) is 22.8 Å². The van der Waals surface area contributed by atoms with Gasteiger partial charge in [-0.05, 0) is 19.9 Å². The smallest absolute Gasteiger partial charge is 0.251 e. The van der Waals surface area contributed by atoms with E-state index in [0.29, 0.717) is 17.1 Å². The first-order valence-electron chi connectivity index (χ1n) is 9.70. The number of nitrogens with zero attached hydrogens (tertiary/aromatic N) is 7. The molecule has 6 heterocycles. The van der Waals surface area contributed by atoms with Gasteiger partial charge in [0.1, 0.15) is 11.9 Å². The number of fused-ring (bicyclic) bond motifs is 10. The Bertz CT molecular complexity index is 1480. The predicted octanol–water partition coefficient (Wildman–Crippen LogP) is 2.88. The summed E-state index contributed by atoms with van der Waals surface area (Å²) in [5.41, 5.74) is -0.698. The van der Waals surface area contributed by atoms with Crippen molar-refractivity contribution in [1.82, 2.24) is 24.5 Å². The third kappa shape index (κ3) is 2.28. The van der Waals surface area contributed by atoms with Gasteiger partial charge in [0.15, 0.2) is 23.8 Å². The molecule has 0 aliphatic carbocycles. The minimum Gasteiger partial charge on any atom is -0.251 e. The fraction of sp³-hybridized carbons (Fsp3) is 0.250. The molecule has 4 aromatic rings. The lowest BCUT2D eigenvalue weighted by Gasteiger charge is -2.16. The Morgan fingerprint density at radius 2 is 1.61 bits per heavy atom. The Balaban J connectivity index is 1.78. The predicted molar refractivity (Wildman–Crippen MR) is 97.2 cm³/mol. The number of hydrogen-bond acceptors (Lipinski definition) is 3. The Hall–Kier alpha value is -3.77. The van der Waals surface area contributed by atoms with Crippen molar-refractivity contribution in [2.24, 2.45) is 0 Å². The van der Waals surface area contributed by atoms with Crippen LogP contribution in [0, 0.1) is 13.8 Å². The Kier molecular flexibility index (Phi) is 3.48. The van der Waals surface area contributed by atoms with E-state index in [0.717, 1.165) is 16.8 Å². The third-order valence-electron chi connectivity index (χ3n) is 5.98. The van der Waals surface area contributed by atoms with E-state index < -0.39 is 29.5 Å². The monoisotopic (exact) mass is 465 g/mol. The minimum absolute atomic E-state index is 0.118. The molecular weight excluding hydrogens is 452 g/mol. The molecule has 2 aliphatic rings. The number of hydrogen-bond donors (Lipinski definition) is 0. The molecular formula is C20H13F6N7+2. The Morgan fingerprint density at radius 3 is 2.30 bits per heavy atom. The van der Waals surface area contributed by atoms with E-state index in [4.69, 9.17) is 0 Å². The third-order valence-corrected chi connectivity index (χ3v) is 5.98. The highest BCUT2D eigenvalue weighted by Crippen LogP contribution is 2.43. The second-order valence-corrected chi connectivity index (χ2v) is 7.91. The zero-order valence-electron chi connectivity index (χ0n) is 16.9. The van der Waals surface area contributed by atoms with Crippen LogP contribution in [0.2, 0.25) is 0 Å². The Morgan fingerprint density at radius 1 is 0.879 bits per heavy atom. The molecule has 0 radical (unpaired) electrons. The van der Waals surface area contributed by atoms with Crippen molar-refractivity contribution in [3.05, 3.63) is 65.5 Å². The fourth-order valence-corrected chi connectivity index (χ4v) is 4.74. The van der Waals surface area contributed by atoms with Crippen molar-refractivity contribution >= 4 is 0 Å². The van der Waals surface area contributed by atoms with Crippen LogP contribution >= 0.6 is 0 Å². The summed E-state index contributed by atoms with van der Waals surface area (Å²) in [6.07, 6.45) is -3.77. The van der Waals surface area contributed by atoms with Crippen LogP contribution in [0.1, 0.15) is 22.5 Å². The zero-order valence-corrected chi connectivity index (χ0v) is 16.9. The number of halogens is 6. The van der Waals surface area contributed by atoms with Crippen LogP contribution in [0.5, 0.6) is 0 Å². The lowest BCUT2D eigenvalue weighted by atomic mass is 10.1. The van der Waals surface area contributed by atoms with Gasteiger partial charge in [-0.3, -0.25) is 4.98 Å². The summed E-state index contributed by atoms with van der Waals surface area (Å²) >= 11 is 0. The SMILES string of the molecule is Cc1cc2n(n1)C1(n3nc(C(F)(F)F)c(C)c3-c3cncc[n+]31)[n+]1ccc(C(F)(F)F)cc1-2. The van der Waals surface area contributed by atoms with Gasteiger partial charge in [0.2, 0.25) is 5.69 Å². The van der Waals surface area contributed by atoms with Crippen molar-refractivity contribution in [2.45, 2.75) is 32.1 Å². The average molecular weight is 465 g/mol. The summed E-state index contributed by atoms with van der Waals surface area (Å²) in [6.45, 7) is 2.96. The van der Waals surface area contributed by atoms with E-state index in [-0.39, 0.29) is 17.0 Å². The van der Waals surface area contributed by atoms with Crippen LogP contribution in [-0.4, -0.2) is 24.5 Å². The van der Waals surface area contributed by atoms with Gasteiger partial charge in [-0.2, -0.15) is 36.5 Å². The van der Waals surface area contributed by atoms with Crippen LogP contribution in [0.4, 0.5) is 26.3 Å². The summed E-state index contributed by atoms with van der Waals surface area (Å²) < 4.78 is 87.4. The molecule has 0 amide bonds. The highest BCUT2D eigenvalue weighted by Gasteiger charge is 2.71. The summed E-state index contributed by atoms with van der Waals surface area (Å²) in [4.78, 5) is 4.06. The average Bonchev–Trinajstić information content (AvgIpc) is 3.42. The quantitative estimate of drug-likeness (QED) is 0.256. The van der Waals surface area contributed by atoms with E-state index in [1.54, 1.807) is 17.6 Å². The Labute approximate surface area is 181 Å². The second kappa shape index (κ2) is 5.77. The summed E-state index contributed by atoms with van der Waals surface area (Å²) in [5, 5.41) is 8.39. The number of alkyl halides is 6. The first-order valence-corrected chi connectivity index (χ1v) is 9.70. The number of aromatic nitrogens is 7. The molecule has 2 aliphatic heterocycles. The van der Waals surface area contributed by atoms with E-state index >= 15 is 0 Å². The van der Waals surface area contributed by atoms with Crippen LogP contribution in [0.3, 0.4) is 0 Å². The van der Waals surface area contributed by atoms with Gasteiger partial charge in [0, 0.05) is 17.7 Å². The minimum atomic E-state index is -4.73. The molecule has 0 aromatic carbocycles. The van der Waals surface area contributed by atoms with E-state index in [1.165, 1.54) is 41.0 Å². The maximum absolute atomic E-state index is 13.8. The molecule has 0 saturated heterocycles. The second-order valence-electron chi connectivity index (χ2n) is 7.91. The molecule has 1 atom stereocenters. The van der Waals surface area contributed by atoms with Gasteiger partial charge >= 0.3 is 18.3 Å². The summed E-state index contributed by atoms with van der Waals surface area (Å²) in [6, 6.07) is 3.42. The molecule has 168 valence electrons. The normalized spacial score (nSPS) is 18.4. The number of pyridine rings is 1. The maximum Gasteiger partial charge on any atom is 0.583 e. The topological polar surface area (TPSA) is 56.3 Å². The molecule has 1 unspecified atom stereocenters. The van der Waals surface area contributed by atoms with Crippen LogP contribution in [-0.2, 0) is 18.3 Å². The van der Waals surface area contributed by atoms with E-state index in [9.17, 15) is 26.3 Å². The molecule has 1 spiro atoms. The standard InChI is InChI=1S/C20H13F6N7/c1-10-7-14-13-8-12(18(21,22)23)3-5-30(13)20(32(14)28-10)31-6-4-27-9-15(31)16-11(2)17(19(24,25)26)29-33(16)20/h3-9H,1-2H3/q+2. The summed E-state index contributed by atoms with van der Waals surface area (Å²) in [7, 11) is 0. The highest BCUT2D eigenvalue weighted by molar-refractivity contribution is 5.61. The fourth-order valence-electron chi connectivity index (χ4n) is 4.74. The molecule has 6 rings (SSSR count). The lowest BCUT2D eigenvalue weighted by molar-refractivity contribution is -0.990. The van der Waals surface area contributed by atoms with E-state index in [2.05, 4.69) is 15.2 Å². The first-order chi connectivity index (χ1) is 15.5. The lowest BCUT2D eigenvalue weighted by Crippen LogP contribution is -2.77. The van der Waals surface area contributed by atoms with Crippen LogP contribution in [0.15, 0.2) is 43.0 Å². The molecule has 33 heavy (non-hydrogen) atoms. The van der Waals surface area contributed by atoms with Gasteiger partial charge in [-0.1, -0.05) is 9.13 Å². The highest BCUT2D eigenvalue weighted by atomic mass is 19.4. The first kappa shape index (κ1) is 19.9. The van der Waals surface area contributed by atoms with Crippen molar-refractivity contribution in [2.75, 3.05) is 0 Å². The molecule has 7 nitrogen and oxygen atoms in total. The van der Waals surface area contributed by atoms with Gasteiger partial charge in [0.25, 0.3) is 5.69 Å². The maximum atomic E-state index is 13.8. The molecule has 0 bridgehead atoms. The molecule has 0 fully saturated rings. The van der Waals surface area contributed by atoms with Gasteiger partial charge in [-0.15, -0.1) is 9.36 Å². The zero-order chi connectivity index (χ0) is 23.5. The van der Waals surface area contributed by atoms with Gasteiger partial charge in [-0.25, -0.2) is 0 Å². The number of rotatable bonds is 0. The van der Waals surface area contributed by atoms with Crippen molar-refractivity contribution < 1.29 is 35.5 Å². The van der Waals surface area contributed by atoms with Crippen molar-refractivity contribution in [1.29, 1.82) is 0 Å². The van der Waals surface area contributed by atoms with Crippen LogP contribution in [0.25, 0.3) is 22.8 Å². The van der Waals surface area contributed by atoms with Crippen molar-refractivity contribution in [3.63, 3.8) is 0 Å². The number of aryl methyl sites for hydroxylation is 1.